The SMILES string of the molecule is O=C(Cc1cncs1)N1CCCN(C(=O)c2cccc(F)c2)CC1. The summed E-state index contributed by atoms with van der Waals surface area (Å²) in [7, 11) is 0. The molecule has 7 heteroatoms. The molecule has 0 bridgehead atoms. The van der Waals surface area contributed by atoms with E-state index < -0.39 is 5.82 Å². The molecular formula is C17H18FN3O2S. The van der Waals surface area contributed by atoms with E-state index >= 15 is 0 Å². The van der Waals surface area contributed by atoms with Gasteiger partial charge in [-0.3, -0.25) is 14.6 Å². The second-order valence-electron chi connectivity index (χ2n) is 5.68. The van der Waals surface area contributed by atoms with Crippen molar-refractivity contribution in [1.82, 2.24) is 14.8 Å². The molecule has 1 aliphatic rings. The molecule has 1 aromatic carbocycles. The van der Waals surface area contributed by atoms with Gasteiger partial charge < -0.3 is 9.80 Å². The smallest absolute Gasteiger partial charge is 0.254 e. The van der Waals surface area contributed by atoms with Crippen LogP contribution in [0.5, 0.6) is 0 Å². The van der Waals surface area contributed by atoms with Crippen molar-refractivity contribution >= 4 is 23.2 Å². The summed E-state index contributed by atoms with van der Waals surface area (Å²) in [6.07, 6.45) is 2.78. The first kappa shape index (κ1) is 16.6. The first-order valence-corrected chi connectivity index (χ1v) is 8.71. The minimum atomic E-state index is -0.419. The number of thiazole rings is 1. The van der Waals surface area contributed by atoms with Crippen molar-refractivity contribution in [2.45, 2.75) is 12.8 Å². The van der Waals surface area contributed by atoms with E-state index in [0.29, 0.717) is 38.2 Å². The molecule has 1 saturated heterocycles. The van der Waals surface area contributed by atoms with Crippen LogP contribution in [0.3, 0.4) is 0 Å². The molecule has 1 aromatic heterocycles. The maximum Gasteiger partial charge on any atom is 0.254 e. The van der Waals surface area contributed by atoms with Crippen LogP contribution in [0.2, 0.25) is 0 Å². The van der Waals surface area contributed by atoms with E-state index in [2.05, 4.69) is 4.98 Å². The zero-order valence-electron chi connectivity index (χ0n) is 13.2. The highest BCUT2D eigenvalue weighted by Crippen LogP contribution is 2.13. The van der Waals surface area contributed by atoms with Gasteiger partial charge in [-0.15, -0.1) is 11.3 Å². The van der Waals surface area contributed by atoms with E-state index in [1.807, 2.05) is 0 Å². The van der Waals surface area contributed by atoms with Crippen molar-refractivity contribution in [1.29, 1.82) is 0 Å². The molecule has 0 saturated carbocycles. The van der Waals surface area contributed by atoms with Gasteiger partial charge in [-0.05, 0) is 24.6 Å². The van der Waals surface area contributed by atoms with Gasteiger partial charge in [-0.1, -0.05) is 6.07 Å². The molecule has 1 fully saturated rings. The average molecular weight is 347 g/mol. The third-order valence-electron chi connectivity index (χ3n) is 4.02. The second-order valence-corrected chi connectivity index (χ2v) is 6.65. The number of hydrogen-bond donors (Lipinski definition) is 0. The van der Waals surface area contributed by atoms with Gasteiger partial charge in [-0.25, -0.2) is 4.39 Å². The normalized spacial score (nSPS) is 15.2. The first-order chi connectivity index (χ1) is 11.6. The van der Waals surface area contributed by atoms with Crippen LogP contribution in [0.1, 0.15) is 21.7 Å². The molecule has 126 valence electrons. The van der Waals surface area contributed by atoms with Crippen molar-refractivity contribution < 1.29 is 14.0 Å². The quantitative estimate of drug-likeness (QED) is 0.855. The van der Waals surface area contributed by atoms with Crippen molar-refractivity contribution in [2.24, 2.45) is 0 Å². The Morgan fingerprint density at radius 1 is 1.17 bits per heavy atom. The highest BCUT2D eigenvalue weighted by atomic mass is 32.1. The van der Waals surface area contributed by atoms with Crippen molar-refractivity contribution in [3.8, 4) is 0 Å². The Morgan fingerprint density at radius 2 is 1.96 bits per heavy atom. The Bertz CT molecular complexity index is 720. The van der Waals surface area contributed by atoms with Crippen LogP contribution in [-0.4, -0.2) is 52.8 Å². The summed E-state index contributed by atoms with van der Waals surface area (Å²) in [5.41, 5.74) is 2.06. The number of aromatic nitrogens is 1. The number of amides is 2. The summed E-state index contributed by atoms with van der Waals surface area (Å²) in [5, 5.41) is 0. The summed E-state index contributed by atoms with van der Waals surface area (Å²) in [6.45, 7) is 2.16. The van der Waals surface area contributed by atoms with Crippen molar-refractivity contribution in [2.75, 3.05) is 26.2 Å². The van der Waals surface area contributed by atoms with Crippen LogP contribution in [0.25, 0.3) is 0 Å². The third kappa shape index (κ3) is 3.97. The van der Waals surface area contributed by atoms with Gasteiger partial charge in [0.25, 0.3) is 5.91 Å². The van der Waals surface area contributed by atoms with Crippen LogP contribution in [0.15, 0.2) is 36.0 Å². The Labute approximate surface area is 143 Å². The fourth-order valence-electron chi connectivity index (χ4n) is 2.76. The number of halogens is 1. The third-order valence-corrected chi connectivity index (χ3v) is 4.80. The van der Waals surface area contributed by atoms with Gasteiger partial charge in [0.05, 0.1) is 11.9 Å². The largest absolute Gasteiger partial charge is 0.341 e. The molecular weight excluding hydrogens is 329 g/mol. The lowest BCUT2D eigenvalue weighted by molar-refractivity contribution is -0.130. The number of benzene rings is 1. The monoisotopic (exact) mass is 347 g/mol. The molecule has 0 atom stereocenters. The summed E-state index contributed by atoms with van der Waals surface area (Å²) in [6, 6.07) is 5.72. The predicted octanol–water partition coefficient (Wildman–Crippen LogP) is 2.20. The van der Waals surface area contributed by atoms with E-state index in [1.165, 1.54) is 29.5 Å². The number of carbonyl (C=O) groups excluding carboxylic acids is 2. The molecule has 3 rings (SSSR count). The lowest BCUT2D eigenvalue weighted by Crippen LogP contribution is -2.37. The Balaban J connectivity index is 1.60. The first-order valence-electron chi connectivity index (χ1n) is 7.83. The fraction of sp³-hybridized carbons (Fsp3) is 0.353. The van der Waals surface area contributed by atoms with E-state index in [4.69, 9.17) is 0 Å². The van der Waals surface area contributed by atoms with Gasteiger partial charge in [0.2, 0.25) is 5.91 Å². The summed E-state index contributed by atoms with van der Waals surface area (Å²) in [5.74, 6) is -0.553. The van der Waals surface area contributed by atoms with Gasteiger partial charge in [0.1, 0.15) is 5.82 Å². The van der Waals surface area contributed by atoms with E-state index in [0.717, 1.165) is 11.3 Å². The highest BCUT2D eigenvalue weighted by Gasteiger charge is 2.23. The van der Waals surface area contributed by atoms with Crippen LogP contribution in [0, 0.1) is 5.82 Å². The average Bonchev–Trinajstić information content (AvgIpc) is 2.95. The van der Waals surface area contributed by atoms with Crippen LogP contribution in [-0.2, 0) is 11.2 Å². The van der Waals surface area contributed by atoms with E-state index in [1.54, 1.807) is 27.6 Å². The zero-order chi connectivity index (χ0) is 16.9. The van der Waals surface area contributed by atoms with Crippen molar-refractivity contribution in [3.63, 3.8) is 0 Å². The van der Waals surface area contributed by atoms with E-state index in [9.17, 15) is 14.0 Å². The van der Waals surface area contributed by atoms with Crippen molar-refractivity contribution in [3.05, 3.63) is 52.2 Å². The van der Waals surface area contributed by atoms with Crippen LogP contribution < -0.4 is 0 Å². The van der Waals surface area contributed by atoms with Gasteiger partial charge in [0.15, 0.2) is 0 Å². The van der Waals surface area contributed by atoms with Gasteiger partial charge in [0, 0.05) is 42.8 Å². The van der Waals surface area contributed by atoms with Gasteiger partial charge in [-0.2, -0.15) is 0 Å². The molecule has 0 unspecified atom stereocenters. The number of nitrogens with zero attached hydrogens (tertiary/aromatic N) is 3. The lowest BCUT2D eigenvalue weighted by atomic mass is 10.2. The summed E-state index contributed by atoms with van der Waals surface area (Å²) in [4.78, 5) is 33.2. The predicted molar refractivity (Wildman–Crippen MR) is 89.3 cm³/mol. The molecule has 0 aliphatic carbocycles. The lowest BCUT2D eigenvalue weighted by Gasteiger charge is -2.22. The molecule has 0 radical (unpaired) electrons. The van der Waals surface area contributed by atoms with Crippen LogP contribution >= 0.6 is 11.3 Å². The molecule has 2 heterocycles. The topological polar surface area (TPSA) is 53.5 Å². The maximum atomic E-state index is 13.3. The second kappa shape index (κ2) is 7.53. The minimum Gasteiger partial charge on any atom is -0.341 e. The van der Waals surface area contributed by atoms with Gasteiger partial charge >= 0.3 is 0 Å². The summed E-state index contributed by atoms with van der Waals surface area (Å²) >= 11 is 1.47. The van der Waals surface area contributed by atoms with Crippen LogP contribution in [0.4, 0.5) is 4.39 Å². The molecule has 0 N–H and O–H groups in total. The van der Waals surface area contributed by atoms with E-state index in [-0.39, 0.29) is 11.8 Å². The minimum absolute atomic E-state index is 0.0549. The molecule has 0 spiro atoms. The zero-order valence-corrected chi connectivity index (χ0v) is 14.0. The Kier molecular flexibility index (Phi) is 5.20. The maximum absolute atomic E-state index is 13.3. The Morgan fingerprint density at radius 3 is 2.71 bits per heavy atom. The fourth-order valence-corrected chi connectivity index (χ4v) is 3.35. The Hall–Kier alpha value is -2.28. The number of rotatable bonds is 3. The standard InChI is InChI=1S/C17H18FN3O2S/c18-14-4-1-3-13(9-14)17(23)21-6-2-5-20(7-8-21)16(22)10-15-11-19-12-24-15/h1,3-4,9,11-12H,2,5-8,10H2. The molecule has 2 aromatic rings. The summed E-state index contributed by atoms with van der Waals surface area (Å²) < 4.78 is 13.3. The number of carbonyl (C=O) groups is 2. The highest BCUT2D eigenvalue weighted by molar-refractivity contribution is 7.09. The molecule has 1 aliphatic heterocycles. The molecule has 24 heavy (non-hydrogen) atoms. The number of hydrogen-bond acceptors (Lipinski definition) is 4. The molecule has 5 nitrogen and oxygen atoms in total. The molecule has 2 amide bonds.